The summed E-state index contributed by atoms with van der Waals surface area (Å²) in [5.74, 6) is 0.838. The highest BCUT2D eigenvalue weighted by atomic mass is 16.6. The molecule has 176 valence electrons. The van der Waals surface area contributed by atoms with Gasteiger partial charge in [-0.15, -0.1) is 0 Å². The number of amides is 2. The fourth-order valence-corrected chi connectivity index (χ4v) is 3.74. The number of cyclic esters (lactones) is 1. The van der Waals surface area contributed by atoms with Gasteiger partial charge >= 0.3 is 6.09 Å². The van der Waals surface area contributed by atoms with Crippen molar-refractivity contribution in [3.05, 3.63) is 72.0 Å². The Bertz CT molecular complexity index is 1110. The predicted molar refractivity (Wildman–Crippen MR) is 131 cm³/mol. The van der Waals surface area contributed by atoms with Crippen molar-refractivity contribution in [3.63, 3.8) is 0 Å². The Morgan fingerprint density at radius 1 is 1.26 bits per heavy atom. The Balaban J connectivity index is 1.31. The van der Waals surface area contributed by atoms with Crippen LogP contribution in [-0.2, 0) is 14.4 Å². The highest BCUT2D eigenvalue weighted by Crippen LogP contribution is 2.24. The maximum absolute atomic E-state index is 12.2. The first-order chi connectivity index (χ1) is 16.5. The summed E-state index contributed by atoms with van der Waals surface area (Å²) < 4.78 is 5.29. The van der Waals surface area contributed by atoms with E-state index in [1.54, 1.807) is 18.5 Å². The van der Waals surface area contributed by atoms with Crippen molar-refractivity contribution in [1.82, 2.24) is 10.3 Å². The quantitative estimate of drug-likeness (QED) is 0.473. The molecule has 4 rings (SSSR count). The molecule has 0 spiro atoms. The average molecular weight is 461 g/mol. The minimum atomic E-state index is -0.466. The molecule has 1 aromatic carbocycles. The Labute approximate surface area is 199 Å². The topological polar surface area (TPSA) is 93.1 Å². The fraction of sp³-hybridized carbons (Fsp3) is 0.308. The SMILES string of the molecule is CC(=O)NC[C@H]1CN(c2ccc(-c3ccc(/C=N/OCC4=CC=CCC4C)cc3)cn2)C(=O)O1. The van der Waals surface area contributed by atoms with Crippen LogP contribution in [0.2, 0.25) is 0 Å². The van der Waals surface area contributed by atoms with Gasteiger partial charge in [0, 0.05) is 18.7 Å². The first-order valence-corrected chi connectivity index (χ1v) is 11.3. The highest BCUT2D eigenvalue weighted by molar-refractivity contribution is 5.89. The largest absolute Gasteiger partial charge is 0.442 e. The molecular formula is C26H28N4O4. The van der Waals surface area contributed by atoms with Crippen molar-refractivity contribution < 1.29 is 19.2 Å². The van der Waals surface area contributed by atoms with Crippen molar-refractivity contribution >= 4 is 24.0 Å². The van der Waals surface area contributed by atoms with Gasteiger partial charge in [0.25, 0.3) is 0 Å². The number of rotatable bonds is 8. The third kappa shape index (κ3) is 5.89. The molecule has 2 aromatic rings. The Morgan fingerprint density at radius 2 is 2.06 bits per heavy atom. The molecule has 0 saturated carbocycles. The van der Waals surface area contributed by atoms with Crippen LogP contribution in [-0.4, -0.2) is 49.0 Å². The van der Waals surface area contributed by atoms with Crippen LogP contribution in [0.5, 0.6) is 0 Å². The molecule has 1 aromatic heterocycles. The second kappa shape index (κ2) is 10.8. The van der Waals surface area contributed by atoms with Gasteiger partial charge in [0.2, 0.25) is 5.91 Å². The third-order valence-electron chi connectivity index (χ3n) is 5.80. The summed E-state index contributed by atoms with van der Waals surface area (Å²) in [6.45, 7) is 4.73. The standard InChI is InChI=1S/C26H28N4O4/c1-18-5-3-4-6-23(18)17-33-29-13-20-7-9-21(10-8-20)22-11-12-25(28-14-22)30-16-24(34-26(30)32)15-27-19(2)31/h3-4,6-14,18,24H,5,15-17H2,1-2H3,(H,27,31)/b29-13+/t18?,24-/m0/s1. The lowest BCUT2D eigenvalue weighted by atomic mass is 9.94. The third-order valence-corrected chi connectivity index (χ3v) is 5.80. The molecule has 0 bridgehead atoms. The lowest BCUT2D eigenvalue weighted by Crippen LogP contribution is -2.33. The summed E-state index contributed by atoms with van der Waals surface area (Å²) in [6, 6.07) is 11.6. The maximum Gasteiger partial charge on any atom is 0.416 e. The lowest BCUT2D eigenvalue weighted by Gasteiger charge is -2.15. The minimum absolute atomic E-state index is 0.161. The zero-order valence-corrected chi connectivity index (χ0v) is 19.3. The number of nitrogens with one attached hydrogen (secondary N) is 1. The van der Waals surface area contributed by atoms with Gasteiger partial charge in [-0.3, -0.25) is 9.69 Å². The first kappa shape index (κ1) is 23.2. The zero-order valence-electron chi connectivity index (χ0n) is 19.3. The molecule has 0 radical (unpaired) electrons. The lowest BCUT2D eigenvalue weighted by molar-refractivity contribution is -0.119. The molecule has 2 aliphatic rings. The molecule has 34 heavy (non-hydrogen) atoms. The molecule has 1 fully saturated rings. The molecule has 8 heteroatoms. The number of allylic oxidation sites excluding steroid dienone is 3. The number of anilines is 1. The monoisotopic (exact) mass is 460 g/mol. The van der Waals surface area contributed by atoms with E-state index in [9.17, 15) is 9.59 Å². The number of carbonyl (C=O) groups excluding carboxylic acids is 2. The van der Waals surface area contributed by atoms with Gasteiger partial charge in [0.15, 0.2) is 0 Å². The van der Waals surface area contributed by atoms with E-state index in [0.717, 1.165) is 23.1 Å². The summed E-state index contributed by atoms with van der Waals surface area (Å²) >= 11 is 0. The van der Waals surface area contributed by atoms with Gasteiger partial charge in [0.05, 0.1) is 19.3 Å². The smallest absolute Gasteiger partial charge is 0.416 e. The van der Waals surface area contributed by atoms with E-state index in [0.29, 0.717) is 24.9 Å². The number of benzene rings is 1. The summed E-state index contributed by atoms with van der Waals surface area (Å²) in [7, 11) is 0. The molecular weight excluding hydrogens is 432 g/mol. The molecule has 1 unspecified atom stereocenters. The van der Waals surface area contributed by atoms with Crippen molar-refractivity contribution in [1.29, 1.82) is 0 Å². The predicted octanol–water partition coefficient (Wildman–Crippen LogP) is 4.08. The van der Waals surface area contributed by atoms with Crippen molar-refractivity contribution in [2.45, 2.75) is 26.4 Å². The van der Waals surface area contributed by atoms with Gasteiger partial charge in [-0.2, -0.15) is 0 Å². The normalized spacial score (nSPS) is 19.8. The van der Waals surface area contributed by atoms with Crippen LogP contribution < -0.4 is 10.2 Å². The van der Waals surface area contributed by atoms with E-state index in [1.807, 2.05) is 30.3 Å². The van der Waals surface area contributed by atoms with Gasteiger partial charge in [-0.1, -0.05) is 54.6 Å². The Kier molecular flexibility index (Phi) is 7.37. The molecule has 1 saturated heterocycles. The highest BCUT2D eigenvalue weighted by Gasteiger charge is 2.33. The van der Waals surface area contributed by atoms with E-state index >= 15 is 0 Å². The molecule has 2 atom stereocenters. The van der Waals surface area contributed by atoms with Crippen LogP contribution >= 0.6 is 0 Å². The summed E-state index contributed by atoms with van der Waals surface area (Å²) in [5.41, 5.74) is 4.11. The molecule has 1 aliphatic carbocycles. The van der Waals surface area contributed by atoms with Crippen LogP contribution in [0, 0.1) is 5.92 Å². The number of hydrogen-bond donors (Lipinski definition) is 1. The number of aromatic nitrogens is 1. The summed E-state index contributed by atoms with van der Waals surface area (Å²) in [6.07, 6.45) is 9.92. The van der Waals surface area contributed by atoms with Crippen LogP contribution in [0.15, 0.2) is 71.6 Å². The van der Waals surface area contributed by atoms with Crippen LogP contribution in [0.1, 0.15) is 25.8 Å². The van der Waals surface area contributed by atoms with Crippen molar-refractivity contribution in [2.75, 3.05) is 24.6 Å². The number of nitrogens with zero attached hydrogens (tertiary/aromatic N) is 3. The van der Waals surface area contributed by atoms with Gasteiger partial charge < -0.3 is 14.9 Å². The van der Waals surface area contributed by atoms with Gasteiger partial charge in [0.1, 0.15) is 18.5 Å². The first-order valence-electron chi connectivity index (χ1n) is 11.3. The number of carbonyl (C=O) groups is 2. The Morgan fingerprint density at radius 3 is 2.76 bits per heavy atom. The van der Waals surface area contributed by atoms with Crippen molar-refractivity contribution in [2.24, 2.45) is 11.1 Å². The van der Waals surface area contributed by atoms with E-state index < -0.39 is 12.2 Å². The van der Waals surface area contributed by atoms with Gasteiger partial charge in [-0.05, 0) is 41.2 Å². The molecule has 8 nitrogen and oxygen atoms in total. The number of oxime groups is 1. The van der Waals surface area contributed by atoms with Crippen molar-refractivity contribution in [3.8, 4) is 11.1 Å². The van der Waals surface area contributed by atoms with E-state index in [-0.39, 0.29) is 12.5 Å². The van der Waals surface area contributed by atoms with E-state index in [4.69, 9.17) is 9.57 Å². The van der Waals surface area contributed by atoms with Gasteiger partial charge in [-0.25, -0.2) is 9.78 Å². The number of ether oxygens (including phenoxy) is 1. The Hall–Kier alpha value is -3.94. The number of hydrogen-bond acceptors (Lipinski definition) is 6. The average Bonchev–Trinajstić information content (AvgIpc) is 3.22. The fourth-order valence-electron chi connectivity index (χ4n) is 3.74. The second-order valence-corrected chi connectivity index (χ2v) is 8.39. The molecule has 1 N–H and O–H groups in total. The molecule has 1 aliphatic heterocycles. The zero-order chi connectivity index (χ0) is 23.9. The second-order valence-electron chi connectivity index (χ2n) is 8.39. The number of pyridine rings is 1. The molecule has 2 heterocycles. The van der Waals surface area contributed by atoms with E-state index in [2.05, 4.69) is 40.6 Å². The molecule has 2 amide bonds. The van der Waals surface area contributed by atoms with E-state index in [1.165, 1.54) is 17.4 Å². The van der Waals surface area contributed by atoms with Crippen LogP contribution in [0.4, 0.5) is 10.6 Å². The summed E-state index contributed by atoms with van der Waals surface area (Å²) in [5, 5.41) is 6.75. The van der Waals surface area contributed by atoms with Crippen LogP contribution in [0.25, 0.3) is 11.1 Å². The van der Waals surface area contributed by atoms with Crippen LogP contribution in [0.3, 0.4) is 0 Å². The maximum atomic E-state index is 12.2. The summed E-state index contributed by atoms with van der Waals surface area (Å²) in [4.78, 5) is 34.6. The minimum Gasteiger partial charge on any atom is -0.442 e.